The summed E-state index contributed by atoms with van der Waals surface area (Å²) in [6, 6.07) is 14.2. The Bertz CT molecular complexity index is 817. The molecule has 154 valence electrons. The lowest BCUT2D eigenvalue weighted by Gasteiger charge is -2.26. The second kappa shape index (κ2) is 10.6. The van der Waals surface area contributed by atoms with Crippen molar-refractivity contribution >= 4 is 11.8 Å². The van der Waals surface area contributed by atoms with Crippen molar-refractivity contribution in [3.05, 3.63) is 65.2 Å². The molecule has 7 nitrogen and oxygen atoms in total. The van der Waals surface area contributed by atoms with Gasteiger partial charge in [-0.05, 0) is 30.3 Å². The van der Waals surface area contributed by atoms with Gasteiger partial charge in [0.2, 0.25) is 0 Å². The van der Waals surface area contributed by atoms with E-state index in [4.69, 9.17) is 9.47 Å². The Balaban J connectivity index is 1.47. The minimum atomic E-state index is -0.199. The normalized spacial score (nSPS) is 14.2. The molecule has 2 aromatic carbocycles. The zero-order chi connectivity index (χ0) is 20.5. The van der Waals surface area contributed by atoms with Crippen LogP contribution in [-0.2, 0) is 11.3 Å². The molecule has 2 aromatic rings. The fourth-order valence-corrected chi connectivity index (χ4v) is 3.15. The van der Waals surface area contributed by atoms with Crippen LogP contribution in [0.2, 0.25) is 0 Å². The lowest BCUT2D eigenvalue weighted by Crippen LogP contribution is -2.41. The molecule has 1 aliphatic rings. The van der Waals surface area contributed by atoms with E-state index >= 15 is 0 Å². The highest BCUT2D eigenvalue weighted by Gasteiger charge is 2.12. The van der Waals surface area contributed by atoms with Crippen LogP contribution in [0.3, 0.4) is 0 Å². The zero-order valence-electron chi connectivity index (χ0n) is 16.6. The van der Waals surface area contributed by atoms with Crippen molar-refractivity contribution in [2.45, 2.75) is 6.54 Å². The third-order valence-electron chi connectivity index (χ3n) is 4.86. The van der Waals surface area contributed by atoms with Gasteiger partial charge in [-0.15, -0.1) is 0 Å². The number of benzene rings is 2. The maximum Gasteiger partial charge on any atom is 0.251 e. The SMILES string of the molecule is COc1ccccc1CNC(=O)c1ccc(C(=O)NCCN2CCOCC2)cc1. The molecule has 0 unspecified atom stereocenters. The summed E-state index contributed by atoms with van der Waals surface area (Å²) in [4.78, 5) is 26.9. The summed E-state index contributed by atoms with van der Waals surface area (Å²) in [6.45, 7) is 5.04. The molecule has 2 amide bonds. The van der Waals surface area contributed by atoms with Crippen LogP contribution in [0.1, 0.15) is 26.3 Å². The van der Waals surface area contributed by atoms with Gasteiger partial charge in [0.1, 0.15) is 5.75 Å². The van der Waals surface area contributed by atoms with Gasteiger partial charge in [-0.2, -0.15) is 0 Å². The van der Waals surface area contributed by atoms with Crippen molar-refractivity contribution in [1.29, 1.82) is 0 Å². The minimum Gasteiger partial charge on any atom is -0.496 e. The van der Waals surface area contributed by atoms with Crippen molar-refractivity contribution in [2.24, 2.45) is 0 Å². The Labute approximate surface area is 171 Å². The van der Waals surface area contributed by atoms with Gasteiger partial charge in [0.15, 0.2) is 0 Å². The molecular weight excluding hydrogens is 370 g/mol. The third kappa shape index (κ3) is 6.04. The van der Waals surface area contributed by atoms with Gasteiger partial charge < -0.3 is 20.1 Å². The summed E-state index contributed by atoms with van der Waals surface area (Å²) in [5.41, 5.74) is 1.94. The van der Waals surface area contributed by atoms with E-state index in [1.165, 1.54) is 0 Å². The molecule has 0 aromatic heterocycles. The number of rotatable bonds is 8. The molecule has 0 bridgehead atoms. The fourth-order valence-electron chi connectivity index (χ4n) is 3.15. The number of nitrogens with zero attached hydrogens (tertiary/aromatic N) is 1. The van der Waals surface area contributed by atoms with Crippen molar-refractivity contribution in [3.63, 3.8) is 0 Å². The quantitative estimate of drug-likeness (QED) is 0.709. The summed E-state index contributed by atoms with van der Waals surface area (Å²) >= 11 is 0. The first-order chi connectivity index (χ1) is 14.2. The van der Waals surface area contributed by atoms with Crippen molar-refractivity contribution in [3.8, 4) is 5.75 Å². The van der Waals surface area contributed by atoms with Crippen LogP contribution < -0.4 is 15.4 Å². The van der Waals surface area contributed by atoms with E-state index in [9.17, 15) is 9.59 Å². The molecule has 1 saturated heterocycles. The number of ether oxygens (including phenoxy) is 2. The lowest BCUT2D eigenvalue weighted by molar-refractivity contribution is 0.0383. The number of carbonyl (C=O) groups excluding carboxylic acids is 2. The Morgan fingerprint density at radius 3 is 2.24 bits per heavy atom. The molecule has 1 heterocycles. The highest BCUT2D eigenvalue weighted by Crippen LogP contribution is 2.17. The number of amides is 2. The Kier molecular flexibility index (Phi) is 7.61. The number of hydrogen-bond donors (Lipinski definition) is 2. The maximum atomic E-state index is 12.4. The smallest absolute Gasteiger partial charge is 0.251 e. The van der Waals surface area contributed by atoms with E-state index in [-0.39, 0.29) is 11.8 Å². The van der Waals surface area contributed by atoms with Gasteiger partial charge in [-0.3, -0.25) is 14.5 Å². The zero-order valence-corrected chi connectivity index (χ0v) is 16.6. The molecule has 0 radical (unpaired) electrons. The number of morpholine rings is 1. The summed E-state index contributed by atoms with van der Waals surface area (Å²) in [6.07, 6.45) is 0. The molecule has 0 atom stereocenters. The second-order valence-electron chi connectivity index (χ2n) is 6.78. The van der Waals surface area contributed by atoms with Gasteiger partial charge in [-0.25, -0.2) is 0 Å². The van der Waals surface area contributed by atoms with E-state index in [1.54, 1.807) is 31.4 Å². The topological polar surface area (TPSA) is 79.9 Å². The summed E-state index contributed by atoms with van der Waals surface area (Å²) in [7, 11) is 1.60. The molecule has 3 rings (SSSR count). The Morgan fingerprint density at radius 1 is 0.966 bits per heavy atom. The van der Waals surface area contributed by atoms with Crippen LogP contribution in [0.4, 0.5) is 0 Å². The number of nitrogens with one attached hydrogen (secondary N) is 2. The molecule has 1 aliphatic heterocycles. The molecule has 29 heavy (non-hydrogen) atoms. The van der Waals surface area contributed by atoms with Crippen LogP contribution in [0, 0.1) is 0 Å². The predicted octanol–water partition coefficient (Wildman–Crippen LogP) is 1.69. The van der Waals surface area contributed by atoms with Gasteiger partial charge >= 0.3 is 0 Å². The van der Waals surface area contributed by atoms with Gasteiger partial charge in [0.25, 0.3) is 11.8 Å². The second-order valence-corrected chi connectivity index (χ2v) is 6.78. The van der Waals surface area contributed by atoms with E-state index in [0.717, 1.165) is 44.2 Å². The van der Waals surface area contributed by atoms with Gasteiger partial charge in [0, 0.05) is 49.4 Å². The van der Waals surface area contributed by atoms with E-state index < -0.39 is 0 Å². The number of carbonyl (C=O) groups is 2. The molecular formula is C22H27N3O4. The van der Waals surface area contributed by atoms with Crippen LogP contribution in [0.15, 0.2) is 48.5 Å². The van der Waals surface area contributed by atoms with E-state index in [0.29, 0.717) is 24.2 Å². The maximum absolute atomic E-state index is 12.4. The largest absolute Gasteiger partial charge is 0.496 e. The highest BCUT2D eigenvalue weighted by molar-refractivity contribution is 5.97. The minimum absolute atomic E-state index is 0.140. The molecule has 0 aliphatic carbocycles. The number of hydrogen-bond acceptors (Lipinski definition) is 5. The first-order valence-corrected chi connectivity index (χ1v) is 9.76. The van der Waals surface area contributed by atoms with E-state index in [1.807, 2.05) is 24.3 Å². The van der Waals surface area contributed by atoms with Crippen molar-refractivity contribution < 1.29 is 19.1 Å². The number of para-hydroxylation sites is 1. The van der Waals surface area contributed by atoms with Crippen molar-refractivity contribution in [1.82, 2.24) is 15.5 Å². The van der Waals surface area contributed by atoms with Crippen LogP contribution in [0.25, 0.3) is 0 Å². The first-order valence-electron chi connectivity index (χ1n) is 9.76. The Hall–Kier alpha value is -2.90. The van der Waals surface area contributed by atoms with Crippen LogP contribution >= 0.6 is 0 Å². The molecule has 0 spiro atoms. The monoisotopic (exact) mass is 397 g/mol. The summed E-state index contributed by atoms with van der Waals surface area (Å²) in [5, 5.41) is 5.79. The average Bonchev–Trinajstić information content (AvgIpc) is 2.78. The van der Waals surface area contributed by atoms with Gasteiger partial charge in [0.05, 0.1) is 20.3 Å². The van der Waals surface area contributed by atoms with Gasteiger partial charge in [-0.1, -0.05) is 18.2 Å². The number of methoxy groups -OCH3 is 1. The van der Waals surface area contributed by atoms with E-state index in [2.05, 4.69) is 15.5 Å². The Morgan fingerprint density at radius 2 is 1.59 bits per heavy atom. The molecule has 1 fully saturated rings. The average molecular weight is 397 g/mol. The highest BCUT2D eigenvalue weighted by atomic mass is 16.5. The fraction of sp³-hybridized carbons (Fsp3) is 0.364. The molecule has 7 heteroatoms. The first kappa shape index (κ1) is 20.8. The molecule has 0 saturated carbocycles. The van der Waals surface area contributed by atoms with Crippen molar-refractivity contribution in [2.75, 3.05) is 46.5 Å². The summed E-state index contributed by atoms with van der Waals surface area (Å²) in [5.74, 6) is 0.395. The third-order valence-corrected chi connectivity index (χ3v) is 4.86. The van der Waals surface area contributed by atoms with Crippen LogP contribution in [0.5, 0.6) is 5.75 Å². The summed E-state index contributed by atoms with van der Waals surface area (Å²) < 4.78 is 10.6. The standard InChI is InChI=1S/C22H27N3O4/c1-28-20-5-3-2-4-19(20)16-24-22(27)18-8-6-17(7-9-18)21(26)23-10-11-25-12-14-29-15-13-25/h2-9H,10-16H2,1H3,(H,23,26)(H,24,27). The predicted molar refractivity (Wildman–Crippen MR) is 110 cm³/mol. The molecule has 2 N–H and O–H groups in total. The van der Waals surface area contributed by atoms with Crippen LogP contribution in [-0.4, -0.2) is 63.2 Å². The lowest BCUT2D eigenvalue weighted by atomic mass is 10.1.